The maximum Gasteiger partial charge on any atom is 0.333 e. The number of carbonyl (C=O) groups is 1. The number of aliphatic hydroxyl groups excluding tert-OH is 8. The third-order valence-electron chi connectivity index (χ3n) is 18.8. The van der Waals surface area contributed by atoms with Gasteiger partial charge in [0.25, 0.3) is 0 Å². The molecule has 4 aliphatic carbocycles. The minimum absolute atomic E-state index is 0.00819. The fourth-order valence-corrected chi connectivity index (χ4v) is 14.1. The lowest BCUT2D eigenvalue weighted by Gasteiger charge is -2.61. The van der Waals surface area contributed by atoms with Gasteiger partial charge in [0.1, 0.15) is 67.1 Å². The van der Waals surface area contributed by atoms with Crippen LogP contribution in [0.3, 0.4) is 0 Å². The Bertz CT molecular complexity index is 1940. The van der Waals surface area contributed by atoms with Crippen LogP contribution >= 0.6 is 0 Å². The molecule has 0 amide bonds. The van der Waals surface area contributed by atoms with Gasteiger partial charge in [-0.25, -0.2) is 4.79 Å². The largest absolute Gasteiger partial charge is 0.453 e. The number of aliphatic hydroxyl groups is 9. The van der Waals surface area contributed by atoms with Gasteiger partial charge in [-0.2, -0.15) is 0 Å². The van der Waals surface area contributed by atoms with E-state index in [2.05, 4.69) is 19.9 Å². The Hall–Kier alpha value is -1.81. The lowest BCUT2D eigenvalue weighted by Crippen LogP contribution is -2.63. The Morgan fingerprint density at radius 2 is 1.44 bits per heavy atom. The van der Waals surface area contributed by atoms with E-state index in [1.165, 1.54) is 12.7 Å². The summed E-state index contributed by atoms with van der Waals surface area (Å²) in [6.07, 6.45) is -12.6. The number of esters is 1. The zero-order valence-corrected chi connectivity index (χ0v) is 43.7. The van der Waals surface area contributed by atoms with Gasteiger partial charge in [0.05, 0.1) is 49.3 Å². The summed E-state index contributed by atoms with van der Waals surface area (Å²) in [7, 11) is 3.04. The molecular weight excluding hydrogens is 961 g/mol. The topological polar surface area (TPSA) is 301 Å². The second-order valence-electron chi connectivity index (χ2n) is 22.6. The van der Waals surface area contributed by atoms with Gasteiger partial charge in [-0.1, -0.05) is 31.6 Å². The van der Waals surface area contributed by atoms with Crippen molar-refractivity contribution in [3.8, 4) is 0 Å². The highest BCUT2D eigenvalue weighted by Crippen LogP contribution is 2.68. The van der Waals surface area contributed by atoms with Gasteiger partial charge in [-0.05, 0) is 109 Å². The van der Waals surface area contributed by atoms with E-state index in [4.69, 9.17) is 52.1 Å². The average molecular weight is 1050 g/mol. The highest BCUT2D eigenvalue weighted by Gasteiger charge is 2.67. The summed E-state index contributed by atoms with van der Waals surface area (Å²) in [6.45, 7) is 12.2. The number of hydrogen-bond acceptors (Lipinski definition) is 21. The standard InChI is InChI=1S/C52H84O21/c1-10-23(2)46(61)72-44-26(5)68-49(42(60)45(44)64-9)73-43-25(4)66-35(20-32(43)63-8)69-28-13-16-50(6)27(19-28)11-12-31-30(50)14-17-51(7)29(15-18-52(31,51)62)24(3)67-48-41(59)39(57)37(55)34(71-48)22-65-47-40(58)38(56)36(54)33(21-53)70-47/h10-11,24-26,28-45,47-49,53-60,62H,12-22H2,1-9H3/b23-10+/t24-,25+,26+,28-,29+,30-,31+,32+,33+,34+,35-,36+,37+,38-,39-,40+,41+,42+,43+,44+,45+,47+,48+,49-,50-,51+,52-/m0/s1. The molecule has 4 heterocycles. The average Bonchev–Trinajstić information content (AvgIpc) is 3.65. The van der Waals surface area contributed by atoms with Crippen LogP contribution in [0, 0.1) is 28.6 Å². The smallest absolute Gasteiger partial charge is 0.333 e. The number of carbonyl (C=O) groups excluding carboxylic acids is 1. The molecule has 0 aromatic rings. The van der Waals surface area contributed by atoms with Crippen molar-refractivity contribution < 1.29 is 103 Å². The summed E-state index contributed by atoms with van der Waals surface area (Å²) >= 11 is 0. The first-order valence-corrected chi connectivity index (χ1v) is 26.4. The van der Waals surface area contributed by atoms with E-state index >= 15 is 0 Å². The van der Waals surface area contributed by atoms with Crippen LogP contribution in [0.2, 0.25) is 0 Å². The fraction of sp³-hybridized carbons (Fsp3) is 0.904. The van der Waals surface area contributed by atoms with Gasteiger partial charge in [0.15, 0.2) is 31.3 Å². The van der Waals surface area contributed by atoms with Crippen molar-refractivity contribution in [2.75, 3.05) is 27.4 Å². The molecule has 3 saturated carbocycles. The van der Waals surface area contributed by atoms with E-state index in [9.17, 15) is 50.8 Å². The summed E-state index contributed by atoms with van der Waals surface area (Å²) in [5.41, 5.74) is 0.0385. The number of ether oxygens (including phenoxy) is 11. The van der Waals surface area contributed by atoms with Crippen LogP contribution in [-0.2, 0) is 56.9 Å². The number of fused-ring (bicyclic) bond motifs is 5. The van der Waals surface area contributed by atoms with Crippen LogP contribution in [0.15, 0.2) is 23.3 Å². The molecule has 418 valence electrons. The van der Waals surface area contributed by atoms with Crippen LogP contribution in [0.25, 0.3) is 0 Å². The lowest BCUT2D eigenvalue weighted by atomic mass is 9.45. The van der Waals surface area contributed by atoms with Crippen molar-refractivity contribution in [1.82, 2.24) is 0 Å². The quantitative estimate of drug-likeness (QED) is 0.0617. The molecule has 0 aromatic carbocycles. The molecule has 8 rings (SSSR count). The molecule has 21 heteroatoms. The molecule has 0 bridgehead atoms. The summed E-state index contributed by atoms with van der Waals surface area (Å²) in [6, 6.07) is 0. The van der Waals surface area contributed by atoms with E-state index in [-0.39, 0.29) is 29.3 Å². The van der Waals surface area contributed by atoms with Gasteiger partial charge in [-0.15, -0.1) is 0 Å². The van der Waals surface area contributed by atoms with Gasteiger partial charge < -0.3 is 98.1 Å². The van der Waals surface area contributed by atoms with E-state index in [0.717, 1.165) is 32.1 Å². The Morgan fingerprint density at radius 1 is 0.767 bits per heavy atom. The van der Waals surface area contributed by atoms with Gasteiger partial charge in [0.2, 0.25) is 0 Å². The van der Waals surface area contributed by atoms with Crippen LogP contribution < -0.4 is 0 Å². The van der Waals surface area contributed by atoms with Gasteiger partial charge in [-0.3, -0.25) is 0 Å². The van der Waals surface area contributed by atoms with Crippen LogP contribution in [-0.4, -0.2) is 214 Å². The van der Waals surface area contributed by atoms with Gasteiger partial charge >= 0.3 is 5.97 Å². The van der Waals surface area contributed by atoms with Gasteiger partial charge in [0, 0.05) is 31.6 Å². The molecule has 0 spiro atoms. The third kappa shape index (κ3) is 10.6. The minimum Gasteiger partial charge on any atom is -0.453 e. The first-order chi connectivity index (χ1) is 34.5. The SMILES string of the molecule is C/C=C(\C)C(=O)O[C@H]1[C@H](OC)[C@@H](O)[C@H](O[C@@H]2[C@@H](C)O[C@@H](O[C@H]3CC[C@@]4(C)C(=CC[C@@H]5[C@@H]4CC[C@]4(C)[C@@H]([C@H](C)O[C@@H]6O[C@H](CO[C@@H]7O[C@H](CO)[C@@H](O)[C@H](O)[C@H]7O)[C@@H](O)[C@H](O)[C@H]6O)CC[C@]54O)C3)C[C@H]2OC)O[C@@H]1C. The molecule has 73 heavy (non-hydrogen) atoms. The molecule has 7 fully saturated rings. The van der Waals surface area contributed by atoms with E-state index in [1.807, 2.05) is 13.8 Å². The van der Waals surface area contributed by atoms with Crippen molar-refractivity contribution in [2.45, 2.75) is 241 Å². The highest BCUT2D eigenvalue weighted by atomic mass is 16.8. The molecule has 0 aromatic heterocycles. The van der Waals surface area contributed by atoms with Crippen LogP contribution in [0.1, 0.15) is 106 Å². The van der Waals surface area contributed by atoms with Crippen molar-refractivity contribution in [3.05, 3.63) is 23.3 Å². The third-order valence-corrected chi connectivity index (χ3v) is 18.8. The van der Waals surface area contributed by atoms with E-state index in [0.29, 0.717) is 31.3 Å². The highest BCUT2D eigenvalue weighted by molar-refractivity contribution is 5.87. The first kappa shape index (κ1) is 57.4. The summed E-state index contributed by atoms with van der Waals surface area (Å²) in [4.78, 5) is 12.6. The lowest BCUT2D eigenvalue weighted by molar-refractivity contribution is -0.343. The zero-order valence-electron chi connectivity index (χ0n) is 43.7. The van der Waals surface area contributed by atoms with Crippen molar-refractivity contribution in [1.29, 1.82) is 0 Å². The second-order valence-corrected chi connectivity index (χ2v) is 22.6. The molecule has 0 unspecified atom stereocenters. The molecule has 4 aliphatic heterocycles. The molecule has 0 radical (unpaired) electrons. The molecule has 8 aliphatic rings. The summed E-state index contributed by atoms with van der Waals surface area (Å²) in [5.74, 6) is -0.453. The monoisotopic (exact) mass is 1040 g/mol. The molecule has 4 saturated heterocycles. The van der Waals surface area contributed by atoms with Crippen molar-refractivity contribution >= 4 is 5.97 Å². The molecule has 21 nitrogen and oxygen atoms in total. The molecule has 9 N–H and O–H groups in total. The molecule has 27 atom stereocenters. The maximum atomic E-state index is 13.0. The summed E-state index contributed by atoms with van der Waals surface area (Å²) in [5, 5.41) is 97.5. The predicted octanol–water partition coefficient (Wildman–Crippen LogP) is 0.629. The van der Waals surface area contributed by atoms with Crippen LogP contribution in [0.5, 0.6) is 0 Å². The van der Waals surface area contributed by atoms with E-state index in [1.54, 1.807) is 34.0 Å². The van der Waals surface area contributed by atoms with Crippen molar-refractivity contribution in [2.24, 2.45) is 28.6 Å². The maximum absolute atomic E-state index is 13.0. The summed E-state index contributed by atoms with van der Waals surface area (Å²) < 4.78 is 66.4. The Kier molecular flexibility index (Phi) is 18.0. The Morgan fingerprint density at radius 3 is 2.11 bits per heavy atom. The van der Waals surface area contributed by atoms with E-state index < -0.39 is 153 Å². The Balaban J connectivity index is 0.860. The van der Waals surface area contributed by atoms with Crippen molar-refractivity contribution in [3.63, 3.8) is 0 Å². The number of allylic oxidation sites excluding steroid dienone is 2. The number of rotatable bonds is 15. The normalized spacial score (nSPS) is 50.8. The number of methoxy groups -OCH3 is 2. The second kappa shape index (κ2) is 22.9. The zero-order chi connectivity index (χ0) is 53.1. The number of hydrogen-bond donors (Lipinski definition) is 9. The first-order valence-electron chi connectivity index (χ1n) is 26.4. The predicted molar refractivity (Wildman–Crippen MR) is 254 cm³/mol. The van der Waals surface area contributed by atoms with Crippen LogP contribution in [0.4, 0.5) is 0 Å². The Labute approximate surface area is 427 Å². The minimum atomic E-state index is -1.69. The fourth-order valence-electron chi connectivity index (χ4n) is 14.1. The molecular formula is C52H84O21.